The van der Waals surface area contributed by atoms with Gasteiger partial charge in [0.15, 0.2) is 5.96 Å². The average Bonchev–Trinajstić information content (AvgIpc) is 3.19. The highest BCUT2D eigenvalue weighted by molar-refractivity contribution is 14.0. The number of aliphatic imine (C=N–C) groups is 1. The van der Waals surface area contributed by atoms with Crippen LogP contribution >= 0.6 is 24.0 Å². The Morgan fingerprint density at radius 3 is 2.37 bits per heavy atom. The number of aromatic nitrogens is 1. The van der Waals surface area contributed by atoms with Crippen molar-refractivity contribution in [3.63, 3.8) is 0 Å². The molecule has 160 valence electrons. The summed E-state index contributed by atoms with van der Waals surface area (Å²) in [6.07, 6.45) is 4.07. The first kappa shape index (κ1) is 22.6. The van der Waals surface area contributed by atoms with Crippen LogP contribution in [0.25, 0.3) is 10.9 Å². The number of hydrogen-bond acceptors (Lipinski definition) is 2. The molecule has 3 N–H and O–H groups in total. The van der Waals surface area contributed by atoms with Crippen LogP contribution < -0.4 is 10.6 Å². The number of halogens is 1. The van der Waals surface area contributed by atoms with Gasteiger partial charge in [0, 0.05) is 31.3 Å². The lowest BCUT2D eigenvalue weighted by Gasteiger charge is -2.26. The van der Waals surface area contributed by atoms with E-state index in [1.807, 2.05) is 13.1 Å². The van der Waals surface area contributed by atoms with E-state index in [1.165, 1.54) is 48.9 Å². The zero-order chi connectivity index (χ0) is 19.9. The van der Waals surface area contributed by atoms with Crippen molar-refractivity contribution >= 4 is 40.8 Å². The zero-order valence-corrected chi connectivity index (χ0v) is 20.0. The molecule has 0 amide bonds. The summed E-state index contributed by atoms with van der Waals surface area (Å²) in [4.78, 5) is 10.3. The SMILES string of the molecule is CN=C(NCc1ccc(CN2CCCCC2)cc1)NCc1cc2ccccc2[nH]1.I. The van der Waals surface area contributed by atoms with Crippen molar-refractivity contribution in [3.05, 3.63) is 71.4 Å². The Balaban J connectivity index is 0.00000256. The van der Waals surface area contributed by atoms with Crippen LogP contribution in [0.15, 0.2) is 59.6 Å². The third-order valence-corrected chi connectivity index (χ3v) is 5.59. The minimum atomic E-state index is 0. The van der Waals surface area contributed by atoms with Crippen LogP contribution in [0.2, 0.25) is 0 Å². The molecule has 1 aromatic heterocycles. The first-order valence-electron chi connectivity index (χ1n) is 10.6. The molecule has 2 heterocycles. The van der Waals surface area contributed by atoms with E-state index in [4.69, 9.17) is 0 Å². The van der Waals surface area contributed by atoms with Crippen molar-refractivity contribution in [2.45, 2.75) is 38.9 Å². The van der Waals surface area contributed by atoms with Gasteiger partial charge in [0.25, 0.3) is 0 Å². The highest BCUT2D eigenvalue weighted by Gasteiger charge is 2.10. The third-order valence-electron chi connectivity index (χ3n) is 5.59. The standard InChI is InChI=1S/C24H31N5.HI/c1-25-24(27-17-22-15-21-7-3-4-8-23(21)28-22)26-16-19-9-11-20(12-10-19)18-29-13-5-2-6-14-29;/h3-4,7-12,15,28H,2,5-6,13-14,16-18H2,1H3,(H2,25,26,27);1H. The molecule has 5 nitrogen and oxygen atoms in total. The Kier molecular flexibility index (Phi) is 8.57. The number of para-hydroxylation sites is 1. The van der Waals surface area contributed by atoms with E-state index in [1.54, 1.807) is 0 Å². The van der Waals surface area contributed by atoms with Gasteiger partial charge in [-0.25, -0.2) is 0 Å². The van der Waals surface area contributed by atoms with E-state index in [-0.39, 0.29) is 24.0 Å². The minimum Gasteiger partial charge on any atom is -0.357 e. The van der Waals surface area contributed by atoms with Crippen LogP contribution in [-0.4, -0.2) is 36.0 Å². The van der Waals surface area contributed by atoms with Crippen LogP contribution in [0.1, 0.15) is 36.1 Å². The Bertz CT molecular complexity index is 909. The van der Waals surface area contributed by atoms with Crippen molar-refractivity contribution in [3.8, 4) is 0 Å². The van der Waals surface area contributed by atoms with Gasteiger partial charge in [0.2, 0.25) is 0 Å². The fraction of sp³-hybridized carbons (Fsp3) is 0.375. The number of benzene rings is 2. The quantitative estimate of drug-likeness (QED) is 0.254. The van der Waals surface area contributed by atoms with Crippen LogP contribution in [0.4, 0.5) is 0 Å². The summed E-state index contributed by atoms with van der Waals surface area (Å²) in [6.45, 7) is 5.02. The molecule has 1 saturated heterocycles. The molecule has 4 rings (SSSR count). The number of guanidine groups is 1. The summed E-state index contributed by atoms with van der Waals surface area (Å²) in [5, 5.41) is 8.02. The molecule has 0 bridgehead atoms. The second-order valence-corrected chi connectivity index (χ2v) is 7.81. The summed E-state index contributed by atoms with van der Waals surface area (Å²) in [7, 11) is 1.81. The summed E-state index contributed by atoms with van der Waals surface area (Å²) in [5.74, 6) is 0.807. The maximum absolute atomic E-state index is 4.34. The average molecular weight is 517 g/mol. The lowest BCUT2D eigenvalue weighted by molar-refractivity contribution is 0.221. The van der Waals surface area contributed by atoms with E-state index >= 15 is 0 Å². The monoisotopic (exact) mass is 517 g/mol. The van der Waals surface area contributed by atoms with Gasteiger partial charge >= 0.3 is 0 Å². The second-order valence-electron chi connectivity index (χ2n) is 7.81. The van der Waals surface area contributed by atoms with Gasteiger partial charge in [-0.05, 0) is 54.6 Å². The Labute approximate surface area is 196 Å². The van der Waals surface area contributed by atoms with Crippen molar-refractivity contribution in [2.24, 2.45) is 4.99 Å². The Morgan fingerprint density at radius 1 is 0.933 bits per heavy atom. The van der Waals surface area contributed by atoms with E-state index in [0.717, 1.165) is 30.3 Å². The number of piperidine rings is 1. The number of hydrogen-bond donors (Lipinski definition) is 3. The molecule has 1 fully saturated rings. The van der Waals surface area contributed by atoms with E-state index in [0.29, 0.717) is 6.54 Å². The van der Waals surface area contributed by atoms with Crippen LogP contribution in [0.5, 0.6) is 0 Å². The van der Waals surface area contributed by atoms with Gasteiger partial charge in [0.1, 0.15) is 0 Å². The lowest BCUT2D eigenvalue weighted by atomic mass is 10.1. The van der Waals surface area contributed by atoms with Gasteiger partial charge < -0.3 is 15.6 Å². The number of rotatable bonds is 6. The van der Waals surface area contributed by atoms with E-state index in [9.17, 15) is 0 Å². The predicted molar refractivity (Wildman–Crippen MR) is 136 cm³/mol. The maximum Gasteiger partial charge on any atom is 0.191 e. The number of likely N-dealkylation sites (tertiary alicyclic amines) is 1. The molecule has 6 heteroatoms. The number of fused-ring (bicyclic) bond motifs is 1. The van der Waals surface area contributed by atoms with Gasteiger partial charge in [0.05, 0.1) is 6.54 Å². The summed E-state index contributed by atoms with van der Waals surface area (Å²) < 4.78 is 0. The molecule has 0 atom stereocenters. The van der Waals surface area contributed by atoms with Gasteiger partial charge in [-0.1, -0.05) is 48.9 Å². The van der Waals surface area contributed by atoms with Crippen LogP contribution in [-0.2, 0) is 19.6 Å². The van der Waals surface area contributed by atoms with Crippen molar-refractivity contribution in [1.82, 2.24) is 20.5 Å². The van der Waals surface area contributed by atoms with E-state index in [2.05, 4.69) is 74.0 Å². The lowest BCUT2D eigenvalue weighted by Crippen LogP contribution is -2.36. The normalized spacial score (nSPS) is 15.0. The van der Waals surface area contributed by atoms with Gasteiger partial charge in [-0.3, -0.25) is 9.89 Å². The summed E-state index contributed by atoms with van der Waals surface area (Å²) >= 11 is 0. The summed E-state index contributed by atoms with van der Waals surface area (Å²) in [6, 6.07) is 19.5. The largest absolute Gasteiger partial charge is 0.357 e. The molecule has 2 aromatic carbocycles. The van der Waals surface area contributed by atoms with E-state index < -0.39 is 0 Å². The second kappa shape index (κ2) is 11.4. The number of nitrogens with one attached hydrogen (secondary N) is 3. The highest BCUT2D eigenvalue weighted by Crippen LogP contribution is 2.15. The highest BCUT2D eigenvalue weighted by atomic mass is 127. The van der Waals surface area contributed by atoms with Crippen molar-refractivity contribution in [2.75, 3.05) is 20.1 Å². The third kappa shape index (κ3) is 6.22. The number of nitrogens with zero attached hydrogens (tertiary/aromatic N) is 2. The minimum absolute atomic E-state index is 0. The van der Waals surface area contributed by atoms with Crippen molar-refractivity contribution in [1.29, 1.82) is 0 Å². The Morgan fingerprint density at radius 2 is 1.63 bits per heavy atom. The fourth-order valence-corrected chi connectivity index (χ4v) is 3.95. The van der Waals surface area contributed by atoms with Crippen LogP contribution in [0.3, 0.4) is 0 Å². The van der Waals surface area contributed by atoms with Crippen molar-refractivity contribution < 1.29 is 0 Å². The fourth-order valence-electron chi connectivity index (χ4n) is 3.95. The van der Waals surface area contributed by atoms with Gasteiger partial charge in [-0.2, -0.15) is 0 Å². The molecule has 0 radical (unpaired) electrons. The summed E-state index contributed by atoms with van der Waals surface area (Å²) in [5.41, 5.74) is 4.98. The topological polar surface area (TPSA) is 55.5 Å². The Hall–Kier alpha value is -2.06. The smallest absolute Gasteiger partial charge is 0.191 e. The first-order valence-corrected chi connectivity index (χ1v) is 10.6. The molecule has 0 spiro atoms. The number of aromatic amines is 1. The molecule has 3 aromatic rings. The maximum atomic E-state index is 4.34. The zero-order valence-electron chi connectivity index (χ0n) is 17.7. The molecule has 30 heavy (non-hydrogen) atoms. The first-order chi connectivity index (χ1) is 14.3. The predicted octanol–water partition coefficient (Wildman–Crippen LogP) is 4.64. The molecular formula is C24H32IN5. The molecule has 1 aliphatic rings. The molecule has 0 unspecified atom stereocenters. The molecule has 0 saturated carbocycles. The molecule has 1 aliphatic heterocycles. The number of H-pyrrole nitrogens is 1. The van der Waals surface area contributed by atoms with Gasteiger partial charge in [-0.15, -0.1) is 24.0 Å². The van der Waals surface area contributed by atoms with Crippen LogP contribution in [0, 0.1) is 0 Å². The molecule has 0 aliphatic carbocycles. The molecular weight excluding hydrogens is 485 g/mol.